The molecule has 0 fully saturated rings. The van der Waals surface area contributed by atoms with Crippen molar-refractivity contribution in [1.29, 1.82) is 5.26 Å². The van der Waals surface area contributed by atoms with Gasteiger partial charge in [-0.2, -0.15) is 5.26 Å². The average Bonchev–Trinajstić information content (AvgIpc) is 3.02. The third-order valence-corrected chi connectivity index (χ3v) is 5.33. The zero-order valence-corrected chi connectivity index (χ0v) is 16.4. The molecule has 0 unspecified atom stereocenters. The van der Waals surface area contributed by atoms with Crippen molar-refractivity contribution in [1.82, 2.24) is 0 Å². The fourth-order valence-corrected chi connectivity index (χ4v) is 3.85. The zero-order chi connectivity index (χ0) is 20.1. The number of nitrogens with zero attached hydrogens (tertiary/aromatic N) is 2. The highest BCUT2D eigenvalue weighted by molar-refractivity contribution is 8.03. The number of ketones is 1. The molecule has 6 nitrogen and oxygen atoms in total. The van der Waals surface area contributed by atoms with Crippen LogP contribution in [0.5, 0.6) is 5.75 Å². The van der Waals surface area contributed by atoms with Gasteiger partial charge >= 0.3 is 5.97 Å². The number of benzene rings is 2. The molecule has 0 atom stereocenters. The number of hydrogen-bond acceptors (Lipinski definition) is 7. The van der Waals surface area contributed by atoms with E-state index in [0.717, 1.165) is 10.6 Å². The first kappa shape index (κ1) is 19.8. The summed E-state index contributed by atoms with van der Waals surface area (Å²) in [4.78, 5) is 27.0. The predicted molar refractivity (Wildman–Crippen MR) is 106 cm³/mol. The van der Waals surface area contributed by atoms with Crippen molar-refractivity contribution < 1.29 is 19.1 Å². The summed E-state index contributed by atoms with van der Waals surface area (Å²) in [5.41, 5.74) is 0.863. The van der Waals surface area contributed by atoms with Gasteiger partial charge in [0.15, 0.2) is 13.2 Å². The number of ether oxygens (including phenoxy) is 2. The zero-order valence-electron chi connectivity index (χ0n) is 14.8. The molecule has 0 radical (unpaired) electrons. The Morgan fingerprint density at radius 1 is 1.18 bits per heavy atom. The molecule has 1 aliphatic heterocycles. The third kappa shape index (κ3) is 4.47. The van der Waals surface area contributed by atoms with E-state index in [2.05, 4.69) is 0 Å². The fourth-order valence-electron chi connectivity index (χ4n) is 2.51. The first-order valence-corrected chi connectivity index (χ1v) is 9.41. The molecule has 142 valence electrons. The molecule has 0 saturated carbocycles. The van der Waals surface area contributed by atoms with Gasteiger partial charge in [-0.25, -0.2) is 4.79 Å². The van der Waals surface area contributed by atoms with Crippen molar-refractivity contribution in [3.05, 3.63) is 64.2 Å². The molecule has 0 amide bonds. The van der Waals surface area contributed by atoms with Crippen molar-refractivity contribution in [3.63, 3.8) is 0 Å². The minimum absolute atomic E-state index is 0.0488. The van der Waals surface area contributed by atoms with Crippen LogP contribution in [0, 0.1) is 11.3 Å². The number of nitriles is 1. The maximum absolute atomic E-state index is 12.4. The Kier molecular flexibility index (Phi) is 6.24. The third-order valence-electron chi connectivity index (χ3n) is 3.86. The van der Waals surface area contributed by atoms with E-state index < -0.39 is 18.4 Å². The van der Waals surface area contributed by atoms with E-state index in [1.165, 1.54) is 11.8 Å². The number of fused-ring (bicyclic) bond motifs is 1. The molecule has 0 spiro atoms. The number of rotatable bonds is 6. The van der Waals surface area contributed by atoms with E-state index in [9.17, 15) is 14.9 Å². The monoisotopic (exact) mass is 414 g/mol. The van der Waals surface area contributed by atoms with Crippen molar-refractivity contribution in [3.8, 4) is 11.8 Å². The molecule has 28 heavy (non-hydrogen) atoms. The highest BCUT2D eigenvalue weighted by Crippen LogP contribution is 2.46. The molecule has 0 saturated heterocycles. The molecule has 0 N–H and O–H groups in total. The number of anilines is 1. The highest BCUT2D eigenvalue weighted by Gasteiger charge is 2.28. The molecular weight excluding hydrogens is 400 g/mol. The highest BCUT2D eigenvalue weighted by atomic mass is 35.5. The molecule has 0 aromatic heterocycles. The van der Waals surface area contributed by atoms with Crippen molar-refractivity contribution in [2.24, 2.45) is 0 Å². The van der Waals surface area contributed by atoms with Crippen molar-refractivity contribution in [2.45, 2.75) is 4.90 Å². The molecule has 2 aromatic rings. The Balaban J connectivity index is 1.59. The minimum atomic E-state index is -0.716. The van der Waals surface area contributed by atoms with E-state index in [0.29, 0.717) is 15.8 Å². The molecule has 8 heteroatoms. The Hall–Kier alpha value is -2.95. The van der Waals surface area contributed by atoms with Gasteiger partial charge in [0.05, 0.1) is 5.69 Å². The van der Waals surface area contributed by atoms with Crippen molar-refractivity contribution >= 4 is 40.8 Å². The fraction of sp³-hybridized carbons (Fsp3) is 0.150. The van der Waals surface area contributed by atoms with Crippen LogP contribution in [0.2, 0.25) is 5.02 Å². The maximum Gasteiger partial charge on any atom is 0.344 e. The van der Waals surface area contributed by atoms with Gasteiger partial charge in [-0.05, 0) is 30.3 Å². The Labute approximate surface area is 171 Å². The average molecular weight is 415 g/mol. The number of thioether (sulfide) groups is 1. The van der Waals surface area contributed by atoms with Crippen LogP contribution in [0.4, 0.5) is 5.69 Å². The largest absolute Gasteiger partial charge is 0.482 e. The lowest BCUT2D eigenvalue weighted by atomic mass is 10.2. The summed E-state index contributed by atoms with van der Waals surface area (Å²) in [6.45, 7) is -0.902. The summed E-state index contributed by atoms with van der Waals surface area (Å²) >= 11 is 7.17. The number of carbonyl (C=O) groups excluding carboxylic acids is 2. The van der Waals surface area contributed by atoms with Gasteiger partial charge < -0.3 is 14.4 Å². The lowest BCUT2D eigenvalue weighted by Crippen LogP contribution is -2.22. The molecule has 1 aliphatic rings. The van der Waals surface area contributed by atoms with E-state index in [4.69, 9.17) is 21.1 Å². The molecule has 0 bridgehead atoms. The Morgan fingerprint density at radius 2 is 1.96 bits per heavy atom. The smallest absolute Gasteiger partial charge is 0.344 e. The molecule has 3 rings (SSSR count). The molecule has 0 aliphatic carbocycles. The van der Waals surface area contributed by atoms with Gasteiger partial charge in [0.1, 0.15) is 22.4 Å². The second-order valence-electron chi connectivity index (χ2n) is 5.75. The first-order valence-electron chi connectivity index (χ1n) is 8.21. The Bertz CT molecular complexity index is 1000. The topological polar surface area (TPSA) is 79.6 Å². The maximum atomic E-state index is 12.4. The van der Waals surface area contributed by atoms with Gasteiger partial charge in [-0.3, -0.25) is 4.79 Å². The lowest BCUT2D eigenvalue weighted by molar-refractivity contribution is -0.149. The van der Waals surface area contributed by atoms with Crippen molar-refractivity contribution in [2.75, 3.05) is 25.2 Å². The standard InChI is InChI=1S/C20H15ClN2O4S/c1-23-16-7-2-3-8-18(16)28-20(23)15(10-22)17(24)11-27-19(25)12-26-14-6-4-5-13(21)9-14/h2-9H,11-12H2,1H3/b20-15-. The Morgan fingerprint density at radius 3 is 2.68 bits per heavy atom. The molecule has 2 aromatic carbocycles. The predicted octanol–water partition coefficient (Wildman–Crippen LogP) is 3.81. The number of para-hydroxylation sites is 1. The van der Waals surface area contributed by atoms with E-state index in [1.54, 1.807) is 36.2 Å². The number of esters is 1. The van der Waals surface area contributed by atoms with E-state index in [-0.39, 0.29) is 12.2 Å². The number of hydrogen-bond donors (Lipinski definition) is 0. The second kappa shape index (κ2) is 8.83. The first-order chi connectivity index (χ1) is 13.5. The van der Waals surface area contributed by atoms with Crippen LogP contribution in [0.15, 0.2) is 64.0 Å². The van der Waals surface area contributed by atoms with Crippen LogP contribution in [0.3, 0.4) is 0 Å². The van der Waals surface area contributed by atoms with Crippen LogP contribution in [0.1, 0.15) is 0 Å². The van der Waals surface area contributed by atoms with Gasteiger partial charge in [0.2, 0.25) is 5.78 Å². The summed E-state index contributed by atoms with van der Waals surface area (Å²) < 4.78 is 10.2. The van der Waals surface area contributed by atoms with Crippen LogP contribution in [-0.2, 0) is 14.3 Å². The van der Waals surface area contributed by atoms with Crippen LogP contribution in [0.25, 0.3) is 0 Å². The summed E-state index contributed by atoms with van der Waals surface area (Å²) in [7, 11) is 1.78. The molecule has 1 heterocycles. The summed E-state index contributed by atoms with van der Waals surface area (Å²) in [6, 6.07) is 16.1. The number of carbonyl (C=O) groups is 2. The van der Waals surface area contributed by atoms with Crippen LogP contribution in [-0.4, -0.2) is 32.0 Å². The normalized spacial score (nSPS) is 14.1. The molecular formula is C20H15ClN2O4S. The minimum Gasteiger partial charge on any atom is -0.482 e. The van der Waals surface area contributed by atoms with Gasteiger partial charge in [-0.15, -0.1) is 0 Å². The number of Topliss-reactive ketones (excluding diaryl/α,β-unsaturated/α-hetero) is 1. The van der Waals surface area contributed by atoms with Crippen LogP contribution < -0.4 is 9.64 Å². The second-order valence-corrected chi connectivity index (χ2v) is 7.22. The van der Waals surface area contributed by atoms with E-state index >= 15 is 0 Å². The van der Waals surface area contributed by atoms with Crippen LogP contribution >= 0.6 is 23.4 Å². The van der Waals surface area contributed by atoms with Gasteiger partial charge in [-0.1, -0.05) is 41.6 Å². The van der Waals surface area contributed by atoms with Gasteiger partial charge in [0, 0.05) is 17.0 Å². The summed E-state index contributed by atoms with van der Waals surface area (Å²) in [5, 5.41) is 10.4. The number of halogens is 1. The summed E-state index contributed by atoms with van der Waals surface area (Å²) in [6.07, 6.45) is 0. The quantitative estimate of drug-likeness (QED) is 0.404. The summed E-state index contributed by atoms with van der Waals surface area (Å²) in [5.74, 6) is -0.871. The van der Waals surface area contributed by atoms with Gasteiger partial charge in [0.25, 0.3) is 0 Å². The van der Waals surface area contributed by atoms with E-state index in [1.807, 2.05) is 30.3 Å². The lowest BCUT2D eigenvalue weighted by Gasteiger charge is -2.14. The SMILES string of the molecule is CN1/C(=C(\C#N)C(=O)COC(=O)COc2cccc(Cl)c2)Sc2ccccc21.